The SMILES string of the molecule is CCOCc1ccccc1CNCC(NC(C)=O)C(=O)O. The van der Waals surface area contributed by atoms with Crippen LogP contribution in [0.3, 0.4) is 0 Å². The quantitative estimate of drug-likeness (QED) is 0.630. The van der Waals surface area contributed by atoms with Crippen LogP contribution in [0.15, 0.2) is 24.3 Å². The topological polar surface area (TPSA) is 87.7 Å². The van der Waals surface area contributed by atoms with E-state index in [1.165, 1.54) is 6.92 Å². The van der Waals surface area contributed by atoms with Crippen molar-refractivity contribution in [1.82, 2.24) is 10.6 Å². The van der Waals surface area contributed by atoms with Crippen LogP contribution in [0.1, 0.15) is 25.0 Å². The van der Waals surface area contributed by atoms with Crippen LogP contribution in [0.4, 0.5) is 0 Å². The van der Waals surface area contributed by atoms with E-state index in [2.05, 4.69) is 10.6 Å². The van der Waals surface area contributed by atoms with Gasteiger partial charge in [-0.2, -0.15) is 0 Å². The summed E-state index contributed by atoms with van der Waals surface area (Å²) >= 11 is 0. The molecule has 0 radical (unpaired) electrons. The van der Waals surface area contributed by atoms with Gasteiger partial charge >= 0.3 is 5.97 Å². The Hall–Kier alpha value is -1.92. The molecule has 0 spiro atoms. The molecule has 6 nitrogen and oxygen atoms in total. The monoisotopic (exact) mass is 294 g/mol. The second-order valence-corrected chi connectivity index (χ2v) is 4.63. The molecule has 21 heavy (non-hydrogen) atoms. The van der Waals surface area contributed by atoms with Crippen LogP contribution in [0.5, 0.6) is 0 Å². The number of carboxylic acid groups (broad SMARTS) is 1. The van der Waals surface area contributed by atoms with Crippen LogP contribution < -0.4 is 10.6 Å². The summed E-state index contributed by atoms with van der Waals surface area (Å²) in [5, 5.41) is 14.5. The zero-order valence-corrected chi connectivity index (χ0v) is 12.4. The van der Waals surface area contributed by atoms with Gasteiger partial charge in [0.25, 0.3) is 0 Å². The number of aliphatic carboxylic acids is 1. The Morgan fingerprint density at radius 2 is 1.95 bits per heavy atom. The van der Waals surface area contributed by atoms with E-state index in [4.69, 9.17) is 9.84 Å². The summed E-state index contributed by atoms with van der Waals surface area (Å²) in [7, 11) is 0. The zero-order valence-electron chi connectivity index (χ0n) is 12.4. The molecule has 1 aromatic carbocycles. The molecule has 116 valence electrons. The third-order valence-corrected chi connectivity index (χ3v) is 2.92. The van der Waals surface area contributed by atoms with Crippen LogP contribution in [-0.2, 0) is 27.5 Å². The largest absolute Gasteiger partial charge is 0.480 e. The molecule has 1 aromatic rings. The predicted molar refractivity (Wildman–Crippen MR) is 78.7 cm³/mol. The van der Waals surface area contributed by atoms with Crippen LogP contribution in [0.25, 0.3) is 0 Å². The smallest absolute Gasteiger partial charge is 0.327 e. The first-order valence-corrected chi connectivity index (χ1v) is 6.89. The summed E-state index contributed by atoms with van der Waals surface area (Å²) in [6.07, 6.45) is 0. The van der Waals surface area contributed by atoms with E-state index in [9.17, 15) is 9.59 Å². The van der Waals surface area contributed by atoms with E-state index in [1.807, 2.05) is 31.2 Å². The maximum Gasteiger partial charge on any atom is 0.327 e. The van der Waals surface area contributed by atoms with Gasteiger partial charge in [0.05, 0.1) is 6.61 Å². The van der Waals surface area contributed by atoms with Crippen molar-refractivity contribution in [3.8, 4) is 0 Å². The standard InChI is InChI=1S/C15H22N2O4/c1-3-21-10-13-7-5-4-6-12(13)8-16-9-14(15(19)20)17-11(2)18/h4-7,14,16H,3,8-10H2,1-2H3,(H,17,18)(H,19,20). The number of carboxylic acids is 1. The summed E-state index contributed by atoms with van der Waals surface area (Å²) in [6, 6.07) is 6.89. The predicted octanol–water partition coefficient (Wildman–Crippen LogP) is 0.902. The summed E-state index contributed by atoms with van der Waals surface area (Å²) in [5.74, 6) is -1.42. The van der Waals surface area contributed by atoms with Crippen molar-refractivity contribution >= 4 is 11.9 Å². The minimum atomic E-state index is -1.06. The molecule has 0 fully saturated rings. The van der Waals surface area contributed by atoms with Crippen LogP contribution in [-0.4, -0.2) is 36.2 Å². The molecular weight excluding hydrogens is 272 g/mol. The van der Waals surface area contributed by atoms with Crippen molar-refractivity contribution in [3.63, 3.8) is 0 Å². The molecule has 0 saturated heterocycles. The van der Waals surface area contributed by atoms with Crippen molar-refractivity contribution in [1.29, 1.82) is 0 Å². The van der Waals surface area contributed by atoms with Gasteiger partial charge in [-0.05, 0) is 18.1 Å². The summed E-state index contributed by atoms with van der Waals surface area (Å²) < 4.78 is 5.40. The van der Waals surface area contributed by atoms with E-state index in [1.54, 1.807) is 0 Å². The van der Waals surface area contributed by atoms with Gasteiger partial charge in [-0.15, -0.1) is 0 Å². The van der Waals surface area contributed by atoms with E-state index in [0.717, 1.165) is 11.1 Å². The number of benzene rings is 1. The van der Waals surface area contributed by atoms with Gasteiger partial charge in [-0.3, -0.25) is 4.79 Å². The van der Waals surface area contributed by atoms with E-state index < -0.39 is 12.0 Å². The van der Waals surface area contributed by atoms with Gasteiger partial charge in [-0.25, -0.2) is 4.79 Å². The van der Waals surface area contributed by atoms with E-state index in [0.29, 0.717) is 19.8 Å². The maximum absolute atomic E-state index is 11.0. The molecule has 1 amide bonds. The first kappa shape index (κ1) is 17.1. The Kier molecular flexibility index (Phi) is 7.42. The number of carbonyl (C=O) groups is 2. The Morgan fingerprint density at radius 1 is 1.29 bits per heavy atom. The second kappa shape index (κ2) is 9.10. The highest BCUT2D eigenvalue weighted by Gasteiger charge is 2.17. The molecule has 0 aliphatic rings. The molecule has 0 heterocycles. The lowest BCUT2D eigenvalue weighted by molar-refractivity contribution is -0.141. The van der Waals surface area contributed by atoms with Gasteiger partial charge in [0, 0.05) is 26.6 Å². The summed E-state index contributed by atoms with van der Waals surface area (Å²) in [6.45, 7) is 5.09. The molecule has 3 N–H and O–H groups in total. The van der Waals surface area contributed by atoms with Crippen molar-refractivity contribution in [3.05, 3.63) is 35.4 Å². The third kappa shape index (κ3) is 6.37. The number of ether oxygens (including phenoxy) is 1. The highest BCUT2D eigenvalue weighted by molar-refractivity contribution is 5.82. The fourth-order valence-electron chi connectivity index (χ4n) is 1.88. The third-order valence-electron chi connectivity index (χ3n) is 2.92. The first-order chi connectivity index (χ1) is 10.0. The van der Waals surface area contributed by atoms with Crippen molar-refractivity contribution in [2.75, 3.05) is 13.2 Å². The second-order valence-electron chi connectivity index (χ2n) is 4.63. The number of hydrogen-bond acceptors (Lipinski definition) is 4. The van der Waals surface area contributed by atoms with Gasteiger partial charge in [0.2, 0.25) is 5.91 Å². The average Bonchev–Trinajstić information content (AvgIpc) is 2.44. The van der Waals surface area contributed by atoms with Gasteiger partial charge < -0.3 is 20.5 Å². The van der Waals surface area contributed by atoms with Crippen molar-refractivity contribution < 1.29 is 19.4 Å². The summed E-state index contributed by atoms with van der Waals surface area (Å²) in [5.41, 5.74) is 2.12. The maximum atomic E-state index is 11.0. The van der Waals surface area contributed by atoms with Crippen LogP contribution >= 0.6 is 0 Å². The molecule has 0 bridgehead atoms. The lowest BCUT2D eigenvalue weighted by Crippen LogP contribution is -2.46. The molecule has 0 saturated carbocycles. The Bertz CT molecular complexity index is 476. The molecule has 0 aliphatic heterocycles. The fraction of sp³-hybridized carbons (Fsp3) is 0.467. The van der Waals surface area contributed by atoms with Gasteiger partial charge in [0.1, 0.15) is 6.04 Å². The molecule has 1 atom stereocenters. The number of hydrogen-bond donors (Lipinski definition) is 3. The zero-order chi connectivity index (χ0) is 15.7. The molecule has 0 aromatic heterocycles. The van der Waals surface area contributed by atoms with Gasteiger partial charge in [-0.1, -0.05) is 24.3 Å². The minimum absolute atomic E-state index is 0.165. The molecule has 1 unspecified atom stereocenters. The number of nitrogens with one attached hydrogen (secondary N) is 2. The highest BCUT2D eigenvalue weighted by atomic mass is 16.5. The molecule has 1 rings (SSSR count). The van der Waals surface area contributed by atoms with Crippen LogP contribution in [0, 0.1) is 0 Å². The minimum Gasteiger partial charge on any atom is -0.480 e. The van der Waals surface area contributed by atoms with Gasteiger partial charge in [0.15, 0.2) is 0 Å². The summed E-state index contributed by atoms with van der Waals surface area (Å²) in [4.78, 5) is 22.0. The normalized spacial score (nSPS) is 11.9. The van der Waals surface area contributed by atoms with Crippen molar-refractivity contribution in [2.45, 2.75) is 33.0 Å². The Balaban J connectivity index is 2.54. The van der Waals surface area contributed by atoms with E-state index >= 15 is 0 Å². The molecule has 6 heteroatoms. The highest BCUT2D eigenvalue weighted by Crippen LogP contribution is 2.09. The van der Waals surface area contributed by atoms with E-state index in [-0.39, 0.29) is 12.5 Å². The Morgan fingerprint density at radius 3 is 2.52 bits per heavy atom. The van der Waals surface area contributed by atoms with Crippen LogP contribution in [0.2, 0.25) is 0 Å². The average molecular weight is 294 g/mol. The molecular formula is C15H22N2O4. The first-order valence-electron chi connectivity index (χ1n) is 6.89. The number of rotatable bonds is 9. The number of amides is 1. The lowest BCUT2D eigenvalue weighted by Gasteiger charge is -2.15. The Labute approximate surface area is 124 Å². The molecule has 0 aliphatic carbocycles. The lowest BCUT2D eigenvalue weighted by atomic mass is 10.1. The fourth-order valence-corrected chi connectivity index (χ4v) is 1.88. The number of carbonyl (C=O) groups excluding carboxylic acids is 1. The van der Waals surface area contributed by atoms with Crippen molar-refractivity contribution in [2.24, 2.45) is 0 Å².